The molecular weight excluding hydrogens is 350 g/mol. The molecule has 0 aliphatic carbocycles. The highest BCUT2D eigenvalue weighted by atomic mass is 32.2. The van der Waals surface area contributed by atoms with Crippen molar-refractivity contribution in [3.8, 4) is 0 Å². The number of esters is 1. The van der Waals surface area contributed by atoms with E-state index in [1.807, 2.05) is 0 Å². The second kappa shape index (κ2) is 7.97. The number of hydrogen-bond acceptors (Lipinski definition) is 7. The predicted molar refractivity (Wildman–Crippen MR) is 91.6 cm³/mol. The van der Waals surface area contributed by atoms with Crippen LogP contribution in [-0.4, -0.2) is 52.4 Å². The molecule has 2 rings (SSSR count). The predicted octanol–water partition coefficient (Wildman–Crippen LogP) is 1.86. The minimum atomic E-state index is -0.708. The van der Waals surface area contributed by atoms with Gasteiger partial charge in [0.05, 0.1) is 4.92 Å². The minimum Gasteiger partial charge on any atom is -0.454 e. The van der Waals surface area contributed by atoms with Gasteiger partial charge >= 0.3 is 5.97 Å². The third kappa shape index (κ3) is 4.92. The summed E-state index contributed by atoms with van der Waals surface area (Å²) in [7, 11) is 0. The van der Waals surface area contributed by atoms with Crippen LogP contribution < -0.4 is 5.32 Å². The van der Waals surface area contributed by atoms with Crippen molar-refractivity contribution in [1.82, 2.24) is 4.90 Å². The van der Waals surface area contributed by atoms with Crippen LogP contribution in [0.2, 0.25) is 0 Å². The summed E-state index contributed by atoms with van der Waals surface area (Å²) in [5.74, 6) is -0.786. The molecule has 25 heavy (non-hydrogen) atoms. The van der Waals surface area contributed by atoms with Gasteiger partial charge in [-0.05, 0) is 31.0 Å². The van der Waals surface area contributed by atoms with Gasteiger partial charge in [-0.25, -0.2) is 0 Å². The lowest BCUT2D eigenvalue weighted by molar-refractivity contribution is -0.384. The molecule has 1 saturated heterocycles. The van der Waals surface area contributed by atoms with Crippen molar-refractivity contribution in [2.75, 3.05) is 30.8 Å². The van der Waals surface area contributed by atoms with Gasteiger partial charge in [0.2, 0.25) is 0 Å². The summed E-state index contributed by atoms with van der Waals surface area (Å²) in [5, 5.41) is 13.3. The summed E-state index contributed by atoms with van der Waals surface area (Å²) >= 11 is 1.12. The molecule has 1 aromatic carbocycles. The van der Waals surface area contributed by atoms with Crippen LogP contribution in [0.4, 0.5) is 16.2 Å². The Morgan fingerprint density at radius 1 is 1.36 bits per heavy atom. The van der Waals surface area contributed by atoms with Crippen molar-refractivity contribution in [2.45, 2.75) is 13.8 Å². The summed E-state index contributed by atoms with van der Waals surface area (Å²) in [6.07, 6.45) is 0. The fourth-order valence-corrected chi connectivity index (χ4v) is 2.98. The molecule has 1 aliphatic rings. The SMILES string of the molecule is Cc1cc(NC(=O)COC(=O)CN2CCSC2=O)c([N+](=O)[O-])cc1C. The highest BCUT2D eigenvalue weighted by Gasteiger charge is 2.24. The average molecular weight is 367 g/mol. The topological polar surface area (TPSA) is 119 Å². The van der Waals surface area contributed by atoms with Crippen molar-refractivity contribution in [2.24, 2.45) is 0 Å². The molecule has 134 valence electrons. The van der Waals surface area contributed by atoms with Gasteiger partial charge in [-0.2, -0.15) is 0 Å². The van der Waals surface area contributed by atoms with E-state index < -0.39 is 23.4 Å². The van der Waals surface area contributed by atoms with E-state index in [2.05, 4.69) is 5.32 Å². The number of benzene rings is 1. The molecule has 0 aromatic heterocycles. The molecule has 1 N–H and O–H groups in total. The van der Waals surface area contributed by atoms with Crippen molar-refractivity contribution < 1.29 is 24.0 Å². The van der Waals surface area contributed by atoms with E-state index >= 15 is 0 Å². The Kier molecular flexibility index (Phi) is 5.97. The second-order valence-electron chi connectivity index (χ2n) is 5.46. The molecule has 0 bridgehead atoms. The molecule has 1 aliphatic heterocycles. The highest BCUT2D eigenvalue weighted by molar-refractivity contribution is 8.13. The number of ether oxygens (including phenoxy) is 1. The van der Waals surface area contributed by atoms with Crippen LogP contribution in [0.15, 0.2) is 12.1 Å². The Balaban J connectivity index is 1.92. The van der Waals surface area contributed by atoms with Crippen molar-refractivity contribution in [3.05, 3.63) is 33.4 Å². The maximum atomic E-state index is 11.9. The van der Waals surface area contributed by atoms with Gasteiger partial charge in [-0.3, -0.25) is 24.5 Å². The van der Waals surface area contributed by atoms with Gasteiger partial charge in [0.1, 0.15) is 12.2 Å². The fraction of sp³-hybridized carbons (Fsp3) is 0.400. The van der Waals surface area contributed by atoms with Gasteiger partial charge in [0.15, 0.2) is 6.61 Å². The van der Waals surface area contributed by atoms with Gasteiger partial charge in [-0.15, -0.1) is 0 Å². The number of amides is 2. The quantitative estimate of drug-likeness (QED) is 0.463. The van der Waals surface area contributed by atoms with Gasteiger partial charge in [0.25, 0.3) is 16.8 Å². The Morgan fingerprint density at radius 3 is 2.64 bits per heavy atom. The number of carbonyl (C=O) groups excluding carboxylic acids is 3. The number of nitro groups is 1. The van der Waals surface area contributed by atoms with E-state index in [1.54, 1.807) is 13.8 Å². The average Bonchev–Trinajstić information content (AvgIpc) is 2.93. The van der Waals surface area contributed by atoms with Crippen LogP contribution in [-0.2, 0) is 14.3 Å². The minimum absolute atomic E-state index is 0.0419. The molecule has 1 fully saturated rings. The number of nitro benzene ring substituents is 1. The first kappa shape index (κ1) is 18.7. The van der Waals surface area contributed by atoms with Crippen LogP contribution in [0.5, 0.6) is 0 Å². The van der Waals surface area contributed by atoms with E-state index in [0.717, 1.165) is 22.9 Å². The van der Waals surface area contributed by atoms with E-state index in [1.165, 1.54) is 17.0 Å². The third-order valence-corrected chi connectivity index (χ3v) is 4.50. The first-order chi connectivity index (χ1) is 11.8. The monoisotopic (exact) mass is 367 g/mol. The van der Waals surface area contributed by atoms with Crippen molar-refractivity contribution in [1.29, 1.82) is 0 Å². The number of nitrogens with one attached hydrogen (secondary N) is 1. The zero-order valence-corrected chi connectivity index (χ0v) is 14.6. The molecule has 1 heterocycles. The smallest absolute Gasteiger partial charge is 0.326 e. The van der Waals surface area contributed by atoms with Crippen LogP contribution in [0.3, 0.4) is 0 Å². The summed E-state index contributed by atoms with van der Waals surface area (Å²) in [6.45, 7) is 3.15. The first-order valence-corrected chi connectivity index (χ1v) is 8.39. The van der Waals surface area contributed by atoms with E-state index in [-0.39, 0.29) is 23.2 Å². The van der Waals surface area contributed by atoms with Crippen LogP contribution in [0, 0.1) is 24.0 Å². The fourth-order valence-electron chi connectivity index (χ4n) is 2.16. The number of thioether (sulfide) groups is 1. The number of hydrogen-bond donors (Lipinski definition) is 1. The Bertz CT molecular complexity index is 736. The normalized spacial score (nSPS) is 13.7. The lowest BCUT2D eigenvalue weighted by Crippen LogP contribution is -2.32. The molecule has 0 spiro atoms. The number of anilines is 1. The number of nitrogens with zero attached hydrogens (tertiary/aromatic N) is 2. The lowest BCUT2D eigenvalue weighted by Gasteiger charge is -2.13. The summed E-state index contributed by atoms with van der Waals surface area (Å²) < 4.78 is 4.82. The maximum absolute atomic E-state index is 11.9. The number of rotatable bonds is 6. The molecule has 2 amide bonds. The van der Waals surface area contributed by atoms with E-state index in [9.17, 15) is 24.5 Å². The molecule has 0 radical (unpaired) electrons. The zero-order chi connectivity index (χ0) is 18.6. The molecule has 0 unspecified atom stereocenters. The van der Waals surface area contributed by atoms with E-state index in [0.29, 0.717) is 12.3 Å². The maximum Gasteiger partial charge on any atom is 0.326 e. The highest BCUT2D eigenvalue weighted by Crippen LogP contribution is 2.27. The van der Waals surface area contributed by atoms with Gasteiger partial charge < -0.3 is 15.0 Å². The lowest BCUT2D eigenvalue weighted by atomic mass is 10.1. The van der Waals surface area contributed by atoms with Crippen molar-refractivity contribution >= 4 is 40.3 Å². The Hall–Kier alpha value is -2.62. The standard InChI is InChI=1S/C15H17N3O6S/c1-9-5-11(12(18(22)23)6-10(9)2)16-13(19)8-24-14(20)7-17-3-4-25-15(17)21/h5-6H,3-4,7-8H2,1-2H3,(H,16,19). The summed E-state index contributed by atoms with van der Waals surface area (Å²) in [5.41, 5.74) is 1.31. The largest absolute Gasteiger partial charge is 0.454 e. The number of carbonyl (C=O) groups is 3. The Labute approximate surface area is 147 Å². The molecule has 0 saturated carbocycles. The zero-order valence-electron chi connectivity index (χ0n) is 13.7. The Morgan fingerprint density at radius 2 is 2.04 bits per heavy atom. The first-order valence-electron chi connectivity index (χ1n) is 7.40. The van der Waals surface area contributed by atoms with Crippen LogP contribution >= 0.6 is 11.8 Å². The molecule has 10 heteroatoms. The third-order valence-electron chi connectivity index (χ3n) is 3.61. The molecule has 9 nitrogen and oxygen atoms in total. The van der Waals surface area contributed by atoms with Gasteiger partial charge in [0, 0.05) is 18.4 Å². The molecule has 1 aromatic rings. The second-order valence-corrected chi connectivity index (χ2v) is 6.50. The van der Waals surface area contributed by atoms with Gasteiger partial charge in [-0.1, -0.05) is 11.8 Å². The molecular formula is C15H17N3O6S. The van der Waals surface area contributed by atoms with E-state index in [4.69, 9.17) is 4.74 Å². The number of aryl methyl sites for hydroxylation is 2. The summed E-state index contributed by atoms with van der Waals surface area (Å²) in [6, 6.07) is 2.86. The van der Waals surface area contributed by atoms with Crippen LogP contribution in [0.25, 0.3) is 0 Å². The van der Waals surface area contributed by atoms with Crippen molar-refractivity contribution in [3.63, 3.8) is 0 Å². The van der Waals surface area contributed by atoms with Crippen LogP contribution in [0.1, 0.15) is 11.1 Å². The molecule has 0 atom stereocenters. The summed E-state index contributed by atoms with van der Waals surface area (Å²) in [4.78, 5) is 46.8.